The van der Waals surface area contributed by atoms with Gasteiger partial charge in [0, 0.05) is 0 Å². The second-order valence-corrected chi connectivity index (χ2v) is 6.20. The lowest BCUT2D eigenvalue weighted by molar-refractivity contribution is 0.0516. The molecule has 0 saturated carbocycles. The van der Waals surface area contributed by atoms with Gasteiger partial charge in [-0.25, -0.2) is 4.79 Å². The van der Waals surface area contributed by atoms with E-state index in [1.54, 1.807) is 24.3 Å². The first-order valence-corrected chi connectivity index (χ1v) is 8.60. The lowest BCUT2D eigenvalue weighted by Crippen LogP contribution is -2.04. The van der Waals surface area contributed by atoms with Crippen LogP contribution in [0.2, 0.25) is 0 Å². The topological polar surface area (TPSA) is 47.9 Å². The largest absolute Gasteiger partial charge is 0.494 e. The molecule has 0 N–H and O–H groups in total. The molecule has 0 aliphatic rings. The summed E-state index contributed by atoms with van der Waals surface area (Å²) in [7, 11) is 0. The van der Waals surface area contributed by atoms with Gasteiger partial charge in [-0.3, -0.25) is 0 Å². The lowest BCUT2D eigenvalue weighted by atomic mass is 10.0. The van der Waals surface area contributed by atoms with Crippen molar-refractivity contribution in [3.63, 3.8) is 0 Å². The van der Waals surface area contributed by atoms with Crippen LogP contribution in [0.5, 0.6) is 5.75 Å². The summed E-state index contributed by atoms with van der Waals surface area (Å²) >= 11 is 0. The van der Waals surface area contributed by atoms with E-state index < -0.39 is 5.97 Å². The number of ether oxygens (including phenoxy) is 1. The average molecular weight is 339 g/mol. The van der Waals surface area contributed by atoms with Crippen molar-refractivity contribution in [2.24, 2.45) is 5.16 Å². The van der Waals surface area contributed by atoms with Crippen LogP contribution < -0.4 is 4.74 Å². The molecule has 0 saturated heterocycles. The third-order valence-electron chi connectivity index (χ3n) is 3.82. The molecule has 2 aromatic carbocycles. The van der Waals surface area contributed by atoms with E-state index in [1.807, 2.05) is 26.0 Å². The van der Waals surface area contributed by atoms with E-state index in [-0.39, 0.29) is 0 Å². The molecule has 0 aromatic heterocycles. The maximum absolute atomic E-state index is 12.1. The highest BCUT2D eigenvalue weighted by molar-refractivity contribution is 5.99. The fourth-order valence-electron chi connectivity index (χ4n) is 2.23. The maximum atomic E-state index is 12.1. The standard InChI is InChI=1S/C21H25NO3/c1-5-14-24-20-12-10-19(11-13-20)21(23)25-22-16(4)18-8-6-17(7-9-18)15(2)3/h6-13,15H,5,14H2,1-4H3/b22-16+. The van der Waals surface area contributed by atoms with Gasteiger partial charge in [-0.15, -0.1) is 0 Å². The van der Waals surface area contributed by atoms with Crippen molar-refractivity contribution in [1.29, 1.82) is 0 Å². The molecule has 132 valence electrons. The number of benzene rings is 2. The van der Waals surface area contributed by atoms with Crippen molar-refractivity contribution >= 4 is 11.7 Å². The van der Waals surface area contributed by atoms with Gasteiger partial charge in [0.15, 0.2) is 0 Å². The van der Waals surface area contributed by atoms with Crippen LogP contribution >= 0.6 is 0 Å². The molecule has 0 fully saturated rings. The number of oxime groups is 1. The highest BCUT2D eigenvalue weighted by Gasteiger charge is 2.08. The van der Waals surface area contributed by atoms with Crippen molar-refractivity contribution in [1.82, 2.24) is 0 Å². The van der Waals surface area contributed by atoms with Crippen molar-refractivity contribution in [2.45, 2.75) is 40.0 Å². The van der Waals surface area contributed by atoms with Crippen molar-refractivity contribution in [3.8, 4) is 5.75 Å². The highest BCUT2D eigenvalue weighted by atomic mass is 16.7. The van der Waals surface area contributed by atoms with E-state index in [4.69, 9.17) is 9.57 Å². The Balaban J connectivity index is 1.98. The smallest absolute Gasteiger partial charge is 0.365 e. The molecule has 4 nitrogen and oxygen atoms in total. The Morgan fingerprint density at radius 3 is 2.16 bits per heavy atom. The van der Waals surface area contributed by atoms with Gasteiger partial charge < -0.3 is 9.57 Å². The number of carbonyl (C=O) groups is 1. The van der Waals surface area contributed by atoms with Gasteiger partial charge in [-0.2, -0.15) is 0 Å². The van der Waals surface area contributed by atoms with Gasteiger partial charge in [-0.05, 0) is 54.7 Å². The first-order chi connectivity index (χ1) is 12.0. The fraction of sp³-hybridized carbons (Fsp3) is 0.333. The minimum Gasteiger partial charge on any atom is -0.494 e. The summed E-state index contributed by atoms with van der Waals surface area (Å²) in [5.41, 5.74) is 3.29. The molecule has 0 radical (unpaired) electrons. The Morgan fingerprint density at radius 1 is 1.00 bits per heavy atom. The van der Waals surface area contributed by atoms with E-state index in [9.17, 15) is 4.79 Å². The summed E-state index contributed by atoms with van der Waals surface area (Å²) in [6.07, 6.45) is 0.940. The van der Waals surface area contributed by atoms with E-state index in [0.29, 0.717) is 23.8 Å². The monoisotopic (exact) mass is 339 g/mol. The van der Waals surface area contributed by atoms with Gasteiger partial charge in [0.25, 0.3) is 0 Å². The number of hydrogen-bond acceptors (Lipinski definition) is 4. The second kappa shape index (κ2) is 9.02. The van der Waals surface area contributed by atoms with Crippen LogP contribution in [-0.2, 0) is 4.84 Å². The third-order valence-corrected chi connectivity index (χ3v) is 3.82. The predicted molar refractivity (Wildman–Crippen MR) is 100 cm³/mol. The Morgan fingerprint density at radius 2 is 1.60 bits per heavy atom. The Bertz CT molecular complexity index is 716. The number of rotatable bonds is 7. The van der Waals surface area contributed by atoms with E-state index in [1.165, 1.54) is 5.56 Å². The van der Waals surface area contributed by atoms with Gasteiger partial charge in [-0.1, -0.05) is 50.2 Å². The van der Waals surface area contributed by atoms with Crippen LogP contribution in [0, 0.1) is 0 Å². The van der Waals surface area contributed by atoms with Crippen molar-refractivity contribution in [3.05, 3.63) is 65.2 Å². The molecule has 2 rings (SSSR count). The van der Waals surface area contributed by atoms with Gasteiger partial charge >= 0.3 is 5.97 Å². The minimum atomic E-state index is -0.486. The normalized spacial score (nSPS) is 11.5. The summed E-state index contributed by atoms with van der Waals surface area (Å²) < 4.78 is 5.49. The zero-order valence-electron chi connectivity index (χ0n) is 15.3. The van der Waals surface area contributed by atoms with Gasteiger partial charge in [0.2, 0.25) is 0 Å². The first kappa shape index (κ1) is 18.7. The molecular formula is C21H25NO3. The summed E-state index contributed by atoms with van der Waals surface area (Å²) in [6, 6.07) is 15.0. The SMILES string of the molecule is CCCOc1ccc(C(=O)O/N=C(\C)c2ccc(C(C)C)cc2)cc1. The van der Waals surface area contributed by atoms with Crippen LogP contribution in [0.25, 0.3) is 0 Å². The van der Waals surface area contributed by atoms with Crippen molar-refractivity contribution < 1.29 is 14.4 Å². The molecule has 25 heavy (non-hydrogen) atoms. The third kappa shape index (κ3) is 5.45. The lowest BCUT2D eigenvalue weighted by Gasteiger charge is -2.07. The molecule has 0 aliphatic carbocycles. The molecule has 2 aromatic rings. The molecule has 0 amide bonds. The maximum Gasteiger partial charge on any atom is 0.365 e. The molecule has 0 spiro atoms. The van der Waals surface area contributed by atoms with Crippen LogP contribution in [0.1, 0.15) is 61.5 Å². The van der Waals surface area contributed by atoms with E-state index >= 15 is 0 Å². The van der Waals surface area contributed by atoms with Crippen molar-refractivity contribution in [2.75, 3.05) is 6.61 Å². The van der Waals surface area contributed by atoms with E-state index in [0.717, 1.165) is 17.7 Å². The van der Waals surface area contributed by atoms with Crippen LogP contribution in [0.15, 0.2) is 53.7 Å². The van der Waals surface area contributed by atoms with Crippen LogP contribution in [-0.4, -0.2) is 18.3 Å². The molecule has 4 heteroatoms. The van der Waals surface area contributed by atoms with Gasteiger partial charge in [0.1, 0.15) is 5.75 Å². The second-order valence-electron chi connectivity index (χ2n) is 6.20. The highest BCUT2D eigenvalue weighted by Crippen LogP contribution is 2.16. The molecule has 0 aliphatic heterocycles. The fourth-order valence-corrected chi connectivity index (χ4v) is 2.23. The molecule has 0 heterocycles. The quantitative estimate of drug-likeness (QED) is 0.397. The van der Waals surface area contributed by atoms with Crippen LogP contribution in [0.4, 0.5) is 0 Å². The van der Waals surface area contributed by atoms with E-state index in [2.05, 4.69) is 31.1 Å². The molecule has 0 unspecified atom stereocenters. The summed E-state index contributed by atoms with van der Waals surface area (Å²) in [5.74, 6) is 0.733. The summed E-state index contributed by atoms with van der Waals surface area (Å²) in [5, 5.41) is 3.95. The number of hydrogen-bond donors (Lipinski definition) is 0. The minimum absolute atomic E-state index is 0.440. The predicted octanol–water partition coefficient (Wildman–Crippen LogP) is 5.18. The number of carbonyl (C=O) groups excluding carboxylic acids is 1. The molecule has 0 atom stereocenters. The Labute approximate surface area is 149 Å². The zero-order valence-corrected chi connectivity index (χ0v) is 15.3. The first-order valence-electron chi connectivity index (χ1n) is 8.60. The van der Waals surface area contributed by atoms with Gasteiger partial charge in [0.05, 0.1) is 17.9 Å². The van der Waals surface area contributed by atoms with Crippen LogP contribution in [0.3, 0.4) is 0 Å². The molecule has 0 bridgehead atoms. The summed E-state index contributed by atoms with van der Waals surface area (Å²) in [4.78, 5) is 17.1. The summed E-state index contributed by atoms with van der Waals surface area (Å²) in [6.45, 7) is 8.82. The zero-order chi connectivity index (χ0) is 18.2. The Hall–Kier alpha value is -2.62. The molecular weight excluding hydrogens is 314 g/mol. The average Bonchev–Trinajstić information content (AvgIpc) is 2.64. The Kier molecular flexibility index (Phi) is 6.75. The number of nitrogens with zero attached hydrogens (tertiary/aromatic N) is 1.